The second kappa shape index (κ2) is 8.51. The van der Waals surface area contributed by atoms with Gasteiger partial charge in [-0.1, -0.05) is 5.16 Å². The lowest BCUT2D eigenvalue weighted by Crippen LogP contribution is -2.41. The van der Waals surface area contributed by atoms with Gasteiger partial charge in [0.2, 0.25) is 17.6 Å². The molecule has 3 rings (SSSR count). The number of morpholine rings is 1. The highest BCUT2D eigenvalue weighted by Gasteiger charge is 2.12. The van der Waals surface area contributed by atoms with E-state index in [1.54, 1.807) is 12.4 Å². The second-order valence-electron chi connectivity index (χ2n) is 5.56. The van der Waals surface area contributed by atoms with Crippen molar-refractivity contribution in [2.45, 2.75) is 12.8 Å². The van der Waals surface area contributed by atoms with E-state index in [1.807, 2.05) is 12.1 Å². The maximum absolute atomic E-state index is 11.9. The number of ether oxygens (including phenoxy) is 1. The fourth-order valence-corrected chi connectivity index (χ4v) is 2.46. The van der Waals surface area contributed by atoms with E-state index in [9.17, 15) is 4.79 Å². The minimum Gasteiger partial charge on any atom is -0.379 e. The molecule has 1 aliphatic heterocycles. The molecule has 8 heteroatoms. The molecule has 1 saturated heterocycles. The van der Waals surface area contributed by atoms with Gasteiger partial charge in [-0.25, -0.2) is 0 Å². The number of aryl methyl sites for hydroxylation is 1. The Balaban J connectivity index is 1.38. The highest BCUT2D eigenvalue weighted by Crippen LogP contribution is 2.14. The molecule has 0 atom stereocenters. The van der Waals surface area contributed by atoms with Gasteiger partial charge in [-0.05, 0) is 12.1 Å². The summed E-state index contributed by atoms with van der Waals surface area (Å²) in [4.78, 5) is 22.5. The molecule has 0 saturated carbocycles. The van der Waals surface area contributed by atoms with E-state index in [4.69, 9.17) is 9.26 Å². The van der Waals surface area contributed by atoms with Gasteiger partial charge in [-0.15, -0.1) is 0 Å². The molecule has 1 aliphatic rings. The molecule has 0 radical (unpaired) electrons. The summed E-state index contributed by atoms with van der Waals surface area (Å²) in [6, 6.07) is 3.67. The lowest BCUT2D eigenvalue weighted by atomic mass is 10.2. The van der Waals surface area contributed by atoms with Crippen LogP contribution in [0.5, 0.6) is 0 Å². The lowest BCUT2D eigenvalue weighted by Gasteiger charge is -2.26. The van der Waals surface area contributed by atoms with Crippen LogP contribution in [0.3, 0.4) is 0 Å². The Kier molecular flexibility index (Phi) is 5.86. The van der Waals surface area contributed by atoms with E-state index in [-0.39, 0.29) is 5.91 Å². The Hall–Kier alpha value is -2.32. The van der Waals surface area contributed by atoms with Crippen molar-refractivity contribution in [3.63, 3.8) is 0 Å². The van der Waals surface area contributed by atoms with Gasteiger partial charge >= 0.3 is 0 Å². The van der Waals surface area contributed by atoms with Crippen LogP contribution in [0, 0.1) is 0 Å². The number of aromatic nitrogens is 3. The van der Waals surface area contributed by atoms with Crippen molar-refractivity contribution in [3.8, 4) is 11.4 Å². The molecule has 0 spiro atoms. The predicted molar refractivity (Wildman–Crippen MR) is 86.1 cm³/mol. The zero-order valence-electron chi connectivity index (χ0n) is 13.5. The van der Waals surface area contributed by atoms with Crippen LogP contribution in [0.15, 0.2) is 29.0 Å². The molecule has 3 heterocycles. The molecule has 0 unspecified atom stereocenters. The first-order chi connectivity index (χ1) is 11.8. The number of hydrogen-bond acceptors (Lipinski definition) is 7. The van der Waals surface area contributed by atoms with Crippen LogP contribution in [0.2, 0.25) is 0 Å². The number of nitrogens with one attached hydrogen (secondary N) is 1. The third kappa shape index (κ3) is 4.84. The first-order valence-electron chi connectivity index (χ1n) is 8.11. The number of carbonyl (C=O) groups excluding carboxylic acids is 1. The average Bonchev–Trinajstić information content (AvgIpc) is 3.11. The number of amides is 1. The van der Waals surface area contributed by atoms with Gasteiger partial charge in [0.15, 0.2) is 0 Å². The molecule has 1 N–H and O–H groups in total. The van der Waals surface area contributed by atoms with E-state index in [1.165, 1.54) is 0 Å². The summed E-state index contributed by atoms with van der Waals surface area (Å²) in [5.41, 5.74) is 0.794. The number of rotatable bonds is 7. The molecule has 1 amide bonds. The van der Waals surface area contributed by atoms with Gasteiger partial charge in [-0.3, -0.25) is 14.7 Å². The minimum absolute atomic E-state index is 0.00983. The van der Waals surface area contributed by atoms with Crippen LogP contribution in [0.1, 0.15) is 12.3 Å². The van der Waals surface area contributed by atoms with E-state index in [0.717, 1.165) is 38.4 Å². The summed E-state index contributed by atoms with van der Waals surface area (Å²) in [7, 11) is 0. The van der Waals surface area contributed by atoms with Crippen LogP contribution in [-0.4, -0.2) is 65.3 Å². The average molecular weight is 331 g/mol. The molecule has 128 valence electrons. The zero-order valence-corrected chi connectivity index (χ0v) is 13.5. The smallest absolute Gasteiger partial charge is 0.227 e. The standard InChI is InChI=1S/C16H21N5O3/c22-14(18-6-7-21-8-10-23-11-9-21)3-4-15-19-16(20-24-15)13-2-1-5-17-12-13/h1-2,5,12H,3-4,6-11H2,(H,18,22). The Morgan fingerprint density at radius 3 is 3.00 bits per heavy atom. The van der Waals surface area contributed by atoms with Crippen molar-refractivity contribution in [1.82, 2.24) is 25.3 Å². The van der Waals surface area contributed by atoms with Crippen LogP contribution in [0.4, 0.5) is 0 Å². The number of carbonyl (C=O) groups is 1. The van der Waals surface area contributed by atoms with E-state index in [0.29, 0.717) is 31.1 Å². The highest BCUT2D eigenvalue weighted by molar-refractivity contribution is 5.76. The Bertz CT molecular complexity index is 640. The third-order valence-corrected chi connectivity index (χ3v) is 3.81. The second-order valence-corrected chi connectivity index (χ2v) is 5.56. The van der Waals surface area contributed by atoms with Gasteiger partial charge in [0.1, 0.15) is 0 Å². The molecule has 2 aromatic heterocycles. The Morgan fingerprint density at radius 1 is 1.33 bits per heavy atom. The normalized spacial score (nSPS) is 15.3. The summed E-state index contributed by atoms with van der Waals surface area (Å²) in [5.74, 6) is 0.937. The Morgan fingerprint density at radius 2 is 2.21 bits per heavy atom. The van der Waals surface area contributed by atoms with E-state index in [2.05, 4.69) is 25.3 Å². The van der Waals surface area contributed by atoms with Crippen LogP contribution in [0.25, 0.3) is 11.4 Å². The van der Waals surface area contributed by atoms with Crippen LogP contribution in [-0.2, 0) is 16.0 Å². The molecular weight excluding hydrogens is 310 g/mol. The molecule has 1 fully saturated rings. The van der Waals surface area contributed by atoms with Crippen molar-refractivity contribution in [3.05, 3.63) is 30.4 Å². The van der Waals surface area contributed by atoms with E-state index >= 15 is 0 Å². The molecule has 8 nitrogen and oxygen atoms in total. The minimum atomic E-state index is -0.00983. The molecule has 0 bridgehead atoms. The van der Waals surface area contributed by atoms with Crippen molar-refractivity contribution >= 4 is 5.91 Å². The number of pyridine rings is 1. The quantitative estimate of drug-likeness (QED) is 0.790. The maximum Gasteiger partial charge on any atom is 0.227 e. The molecule has 2 aromatic rings. The van der Waals surface area contributed by atoms with Crippen molar-refractivity contribution in [1.29, 1.82) is 0 Å². The largest absolute Gasteiger partial charge is 0.379 e. The van der Waals surface area contributed by atoms with Crippen molar-refractivity contribution in [2.24, 2.45) is 0 Å². The van der Waals surface area contributed by atoms with Crippen molar-refractivity contribution < 1.29 is 14.1 Å². The molecule has 0 aliphatic carbocycles. The fourth-order valence-electron chi connectivity index (χ4n) is 2.46. The van der Waals surface area contributed by atoms with Crippen molar-refractivity contribution in [2.75, 3.05) is 39.4 Å². The molecular formula is C16H21N5O3. The topological polar surface area (TPSA) is 93.4 Å². The van der Waals surface area contributed by atoms with Gasteiger partial charge in [-0.2, -0.15) is 4.98 Å². The third-order valence-electron chi connectivity index (χ3n) is 3.81. The zero-order chi connectivity index (χ0) is 16.6. The highest BCUT2D eigenvalue weighted by atomic mass is 16.5. The van der Waals surface area contributed by atoms with E-state index < -0.39 is 0 Å². The van der Waals surface area contributed by atoms with Gasteiger partial charge in [0.25, 0.3) is 0 Å². The van der Waals surface area contributed by atoms with Gasteiger partial charge < -0.3 is 14.6 Å². The summed E-state index contributed by atoms with van der Waals surface area (Å²) in [6.07, 6.45) is 4.12. The van der Waals surface area contributed by atoms with Gasteiger partial charge in [0.05, 0.1) is 13.2 Å². The number of hydrogen-bond donors (Lipinski definition) is 1. The molecule has 0 aromatic carbocycles. The summed E-state index contributed by atoms with van der Waals surface area (Å²) in [6.45, 7) is 4.88. The lowest BCUT2D eigenvalue weighted by molar-refractivity contribution is -0.121. The maximum atomic E-state index is 11.9. The van der Waals surface area contributed by atoms with Crippen LogP contribution >= 0.6 is 0 Å². The van der Waals surface area contributed by atoms with Gasteiger partial charge in [0, 0.05) is 57.0 Å². The Labute approximate surface area is 140 Å². The first-order valence-corrected chi connectivity index (χ1v) is 8.11. The molecule has 24 heavy (non-hydrogen) atoms. The van der Waals surface area contributed by atoms with Crippen LogP contribution < -0.4 is 5.32 Å². The summed E-state index contributed by atoms with van der Waals surface area (Å²) >= 11 is 0. The fraction of sp³-hybridized carbons (Fsp3) is 0.500. The predicted octanol–water partition coefficient (Wildman–Crippen LogP) is 0.513. The first kappa shape index (κ1) is 16.5. The summed E-state index contributed by atoms with van der Waals surface area (Å²) < 4.78 is 10.5. The monoisotopic (exact) mass is 331 g/mol. The SMILES string of the molecule is O=C(CCc1nc(-c2cccnc2)no1)NCCN1CCOCC1. The number of nitrogens with zero attached hydrogens (tertiary/aromatic N) is 4. The summed E-state index contributed by atoms with van der Waals surface area (Å²) in [5, 5.41) is 6.83.